The van der Waals surface area contributed by atoms with Crippen molar-refractivity contribution in [2.24, 2.45) is 0 Å². The number of rotatable bonds is 7. The Morgan fingerprint density at radius 2 is 1.62 bits per heavy atom. The lowest BCUT2D eigenvalue weighted by atomic mass is 9.73. The minimum absolute atomic E-state index is 0.195. The highest BCUT2D eigenvalue weighted by molar-refractivity contribution is 5.89. The fourth-order valence-electron chi connectivity index (χ4n) is 3.23. The summed E-state index contributed by atoms with van der Waals surface area (Å²) in [5, 5.41) is 3.29. The van der Waals surface area contributed by atoms with Crippen LogP contribution in [0.5, 0.6) is 0 Å². The number of hydrogen-bond acceptors (Lipinski definition) is 1. The first kappa shape index (κ1) is 19.5. The van der Waals surface area contributed by atoms with Crippen molar-refractivity contribution in [3.8, 4) is 0 Å². The zero-order valence-electron chi connectivity index (χ0n) is 16.3. The van der Waals surface area contributed by atoms with Crippen LogP contribution in [0.15, 0.2) is 97.1 Å². The topological polar surface area (TPSA) is 12.0 Å². The molecule has 2 aromatic rings. The predicted molar refractivity (Wildman–Crippen MR) is 117 cm³/mol. The highest BCUT2D eigenvalue weighted by Crippen LogP contribution is 2.41. The lowest BCUT2D eigenvalue weighted by Gasteiger charge is -2.31. The fraction of sp³-hybridized carbons (Fsp3) is 0.200. The highest BCUT2D eigenvalue weighted by Gasteiger charge is 2.28. The zero-order chi connectivity index (χ0) is 19.2. The van der Waals surface area contributed by atoms with Gasteiger partial charge in [0.25, 0.3) is 0 Å². The average Bonchev–Trinajstić information content (AvgIpc) is 2.68. The molecule has 0 aliphatic heterocycles. The number of benzene rings is 2. The van der Waals surface area contributed by atoms with Crippen LogP contribution in [0, 0.1) is 0 Å². The predicted octanol–water partition coefficient (Wildman–Crippen LogP) is 6.78. The van der Waals surface area contributed by atoms with Crippen molar-refractivity contribution in [2.75, 3.05) is 12.4 Å². The number of nitrogens with one attached hydrogen (secondary N) is 1. The van der Waals surface area contributed by atoms with Gasteiger partial charge in [0, 0.05) is 23.7 Å². The second kappa shape index (κ2) is 8.53. The van der Waals surface area contributed by atoms with Crippen LogP contribution in [0.1, 0.15) is 31.9 Å². The number of hydrogen-bond donors (Lipinski definition) is 1. The molecule has 0 aromatic heterocycles. The van der Waals surface area contributed by atoms with Crippen LogP contribution in [-0.2, 0) is 5.41 Å². The van der Waals surface area contributed by atoms with Crippen LogP contribution in [0.25, 0.3) is 5.57 Å². The van der Waals surface area contributed by atoms with Gasteiger partial charge in [-0.3, -0.25) is 0 Å². The van der Waals surface area contributed by atoms with Gasteiger partial charge in [-0.15, -0.1) is 0 Å². The summed E-state index contributed by atoms with van der Waals surface area (Å²) in [4.78, 5) is 0. The molecule has 0 bridgehead atoms. The van der Waals surface area contributed by atoms with Gasteiger partial charge in [-0.1, -0.05) is 93.8 Å². The summed E-state index contributed by atoms with van der Waals surface area (Å²) in [5.74, 6) is 0. The molecule has 0 saturated carbocycles. The Morgan fingerprint density at radius 3 is 2.19 bits per heavy atom. The van der Waals surface area contributed by atoms with Gasteiger partial charge >= 0.3 is 0 Å². The van der Waals surface area contributed by atoms with Crippen LogP contribution in [0.2, 0.25) is 0 Å². The van der Waals surface area contributed by atoms with E-state index in [1.54, 1.807) is 0 Å². The van der Waals surface area contributed by atoms with Gasteiger partial charge in [-0.05, 0) is 35.3 Å². The molecular formula is C25H29N. The molecule has 0 radical (unpaired) electrons. The standard InChI is InChI=1S/C25H29N/c1-7-14-22(19(3)25(4,5)20-15-10-9-11-16-20)21(8-2)23-17-12-13-18-24(23)26-6/h7-18,26H,1,3H2,2,4-6H3/b21-8+,22-14-. The van der Waals surface area contributed by atoms with Gasteiger partial charge in [0.2, 0.25) is 0 Å². The van der Waals surface area contributed by atoms with Gasteiger partial charge in [0.15, 0.2) is 0 Å². The van der Waals surface area contributed by atoms with E-state index in [-0.39, 0.29) is 5.41 Å². The van der Waals surface area contributed by atoms with E-state index >= 15 is 0 Å². The lowest BCUT2D eigenvalue weighted by molar-refractivity contribution is 0.637. The third-order valence-corrected chi connectivity index (χ3v) is 4.92. The van der Waals surface area contributed by atoms with E-state index in [4.69, 9.17) is 0 Å². The molecular weight excluding hydrogens is 314 g/mol. The van der Waals surface area contributed by atoms with Crippen molar-refractivity contribution in [1.29, 1.82) is 0 Å². The molecule has 0 aliphatic rings. The molecule has 1 nitrogen and oxygen atoms in total. The second-order valence-corrected chi connectivity index (χ2v) is 6.78. The molecule has 0 heterocycles. The van der Waals surface area contributed by atoms with Crippen LogP contribution < -0.4 is 5.32 Å². The van der Waals surface area contributed by atoms with Gasteiger partial charge < -0.3 is 5.32 Å². The molecule has 0 spiro atoms. The first-order chi connectivity index (χ1) is 12.5. The smallest absolute Gasteiger partial charge is 0.0417 e. The number of allylic oxidation sites excluding steroid dienone is 6. The molecule has 2 rings (SSSR count). The normalized spacial score (nSPS) is 12.6. The largest absolute Gasteiger partial charge is 0.388 e. The van der Waals surface area contributed by atoms with E-state index in [1.165, 1.54) is 5.56 Å². The maximum atomic E-state index is 4.49. The number of para-hydroxylation sites is 1. The van der Waals surface area contributed by atoms with Crippen LogP contribution in [0.3, 0.4) is 0 Å². The van der Waals surface area contributed by atoms with Gasteiger partial charge in [0.05, 0.1) is 0 Å². The molecule has 0 saturated heterocycles. The average molecular weight is 344 g/mol. The van der Waals surface area contributed by atoms with Crippen LogP contribution >= 0.6 is 0 Å². The van der Waals surface area contributed by atoms with E-state index in [0.717, 1.165) is 28.0 Å². The summed E-state index contributed by atoms with van der Waals surface area (Å²) >= 11 is 0. The van der Waals surface area contributed by atoms with Crippen molar-refractivity contribution in [2.45, 2.75) is 26.2 Å². The molecule has 0 unspecified atom stereocenters. The second-order valence-electron chi connectivity index (χ2n) is 6.78. The summed E-state index contributed by atoms with van der Waals surface area (Å²) in [6.45, 7) is 14.9. The summed E-state index contributed by atoms with van der Waals surface area (Å²) in [7, 11) is 1.95. The summed E-state index contributed by atoms with van der Waals surface area (Å²) in [5.41, 5.74) is 6.65. The van der Waals surface area contributed by atoms with Crippen molar-refractivity contribution >= 4 is 11.3 Å². The quantitative estimate of drug-likeness (QED) is 0.546. The number of anilines is 1. The Hall–Kier alpha value is -2.80. The van der Waals surface area contributed by atoms with Gasteiger partial charge in [-0.25, -0.2) is 0 Å². The van der Waals surface area contributed by atoms with Crippen molar-refractivity contribution in [1.82, 2.24) is 0 Å². The third kappa shape index (κ3) is 3.88. The Labute approximate surface area is 158 Å². The van der Waals surface area contributed by atoms with E-state index in [1.807, 2.05) is 25.3 Å². The molecule has 1 N–H and O–H groups in total. The Balaban J connectivity index is 2.56. The highest BCUT2D eigenvalue weighted by atomic mass is 14.8. The van der Waals surface area contributed by atoms with Gasteiger partial charge in [-0.2, -0.15) is 0 Å². The monoisotopic (exact) mass is 343 g/mol. The van der Waals surface area contributed by atoms with E-state index in [2.05, 4.69) is 93.9 Å². The zero-order valence-corrected chi connectivity index (χ0v) is 16.3. The molecule has 0 fully saturated rings. The molecule has 1 heteroatoms. The summed E-state index contributed by atoms with van der Waals surface area (Å²) in [6.07, 6.45) is 6.06. The first-order valence-corrected chi connectivity index (χ1v) is 8.99. The molecule has 26 heavy (non-hydrogen) atoms. The third-order valence-electron chi connectivity index (χ3n) is 4.92. The maximum absolute atomic E-state index is 4.49. The molecule has 0 amide bonds. The lowest BCUT2D eigenvalue weighted by Crippen LogP contribution is -2.21. The minimum Gasteiger partial charge on any atom is -0.388 e. The minimum atomic E-state index is -0.195. The Kier molecular flexibility index (Phi) is 6.41. The van der Waals surface area contributed by atoms with Crippen molar-refractivity contribution in [3.63, 3.8) is 0 Å². The summed E-state index contributed by atoms with van der Waals surface area (Å²) < 4.78 is 0. The van der Waals surface area contributed by atoms with Crippen molar-refractivity contribution < 1.29 is 0 Å². The summed E-state index contributed by atoms with van der Waals surface area (Å²) in [6, 6.07) is 18.9. The van der Waals surface area contributed by atoms with E-state index in [0.29, 0.717) is 0 Å². The van der Waals surface area contributed by atoms with Crippen molar-refractivity contribution in [3.05, 3.63) is 108 Å². The molecule has 2 aromatic carbocycles. The Bertz CT molecular complexity index is 835. The van der Waals surface area contributed by atoms with Crippen LogP contribution in [0.4, 0.5) is 5.69 Å². The SMILES string of the molecule is C=C/C=C(C(=C)C(C)(C)c1ccccc1)\C(=C/C)c1ccccc1NC. The van der Waals surface area contributed by atoms with E-state index < -0.39 is 0 Å². The molecule has 0 aliphatic carbocycles. The fourth-order valence-corrected chi connectivity index (χ4v) is 3.23. The molecule has 134 valence electrons. The maximum Gasteiger partial charge on any atom is 0.0417 e. The van der Waals surface area contributed by atoms with E-state index in [9.17, 15) is 0 Å². The Morgan fingerprint density at radius 1 is 1.00 bits per heavy atom. The molecule has 0 atom stereocenters. The first-order valence-electron chi connectivity index (χ1n) is 8.99. The van der Waals surface area contributed by atoms with Gasteiger partial charge in [0.1, 0.15) is 0 Å². The van der Waals surface area contributed by atoms with Crippen LogP contribution in [-0.4, -0.2) is 7.05 Å².